The van der Waals surface area contributed by atoms with E-state index < -0.39 is 0 Å². The monoisotopic (exact) mass is 236 g/mol. The van der Waals surface area contributed by atoms with Crippen molar-refractivity contribution in [2.45, 2.75) is 27.3 Å². The van der Waals surface area contributed by atoms with Gasteiger partial charge in [-0.2, -0.15) is 0 Å². The van der Waals surface area contributed by atoms with Crippen LogP contribution in [0.25, 0.3) is 0 Å². The predicted octanol–water partition coefficient (Wildman–Crippen LogP) is 2.20. The molecule has 1 aromatic carbocycles. The molecule has 96 valence electrons. The Morgan fingerprint density at radius 1 is 1.35 bits per heavy atom. The SMILES string of the molecule is CCN(Cc1cccc(O)c1)CC(C)(C)CN. The molecule has 0 spiro atoms. The van der Waals surface area contributed by atoms with Crippen LogP contribution in [-0.4, -0.2) is 29.6 Å². The molecule has 1 rings (SSSR count). The number of nitrogens with zero attached hydrogens (tertiary/aromatic N) is 1. The summed E-state index contributed by atoms with van der Waals surface area (Å²) in [5.41, 5.74) is 7.03. The lowest BCUT2D eigenvalue weighted by Crippen LogP contribution is -2.38. The molecule has 0 aromatic heterocycles. The zero-order valence-electron chi connectivity index (χ0n) is 11.1. The fourth-order valence-electron chi connectivity index (χ4n) is 1.86. The van der Waals surface area contributed by atoms with Gasteiger partial charge >= 0.3 is 0 Å². The van der Waals surface area contributed by atoms with Crippen molar-refractivity contribution in [3.05, 3.63) is 29.8 Å². The van der Waals surface area contributed by atoms with Crippen LogP contribution in [0.3, 0.4) is 0 Å². The molecule has 1 aromatic rings. The van der Waals surface area contributed by atoms with Crippen molar-refractivity contribution in [2.75, 3.05) is 19.6 Å². The number of phenols is 1. The maximum Gasteiger partial charge on any atom is 0.115 e. The van der Waals surface area contributed by atoms with Crippen molar-refractivity contribution in [1.82, 2.24) is 4.90 Å². The van der Waals surface area contributed by atoms with Crippen LogP contribution < -0.4 is 5.73 Å². The summed E-state index contributed by atoms with van der Waals surface area (Å²) in [4.78, 5) is 2.35. The number of rotatable bonds is 6. The van der Waals surface area contributed by atoms with E-state index in [2.05, 4.69) is 25.7 Å². The Hall–Kier alpha value is -1.06. The number of phenolic OH excluding ortho intramolecular Hbond substituents is 1. The van der Waals surface area contributed by atoms with Gasteiger partial charge in [0.15, 0.2) is 0 Å². The van der Waals surface area contributed by atoms with Crippen molar-refractivity contribution < 1.29 is 5.11 Å². The van der Waals surface area contributed by atoms with E-state index in [9.17, 15) is 5.11 Å². The maximum absolute atomic E-state index is 9.44. The molecule has 0 saturated heterocycles. The van der Waals surface area contributed by atoms with Crippen molar-refractivity contribution in [3.8, 4) is 5.75 Å². The Morgan fingerprint density at radius 3 is 2.59 bits per heavy atom. The third-order valence-corrected chi connectivity index (χ3v) is 2.97. The molecule has 3 N–H and O–H groups in total. The largest absolute Gasteiger partial charge is 0.508 e. The molecule has 0 aliphatic rings. The molecular formula is C14H24N2O. The minimum absolute atomic E-state index is 0.132. The van der Waals surface area contributed by atoms with E-state index in [0.717, 1.165) is 25.2 Å². The van der Waals surface area contributed by atoms with Crippen LogP contribution in [0.5, 0.6) is 5.75 Å². The number of aromatic hydroxyl groups is 1. The van der Waals surface area contributed by atoms with Crippen LogP contribution in [0.15, 0.2) is 24.3 Å². The highest BCUT2D eigenvalue weighted by atomic mass is 16.3. The quantitative estimate of drug-likeness (QED) is 0.796. The molecule has 0 fully saturated rings. The summed E-state index contributed by atoms with van der Waals surface area (Å²) in [5, 5.41) is 9.44. The molecule has 0 unspecified atom stereocenters. The summed E-state index contributed by atoms with van der Waals surface area (Å²) in [5.74, 6) is 0.330. The van der Waals surface area contributed by atoms with Crippen LogP contribution in [0.4, 0.5) is 0 Å². The number of nitrogens with two attached hydrogens (primary N) is 1. The number of benzene rings is 1. The van der Waals surface area contributed by atoms with E-state index in [1.54, 1.807) is 6.07 Å². The molecule has 0 atom stereocenters. The van der Waals surface area contributed by atoms with Crippen molar-refractivity contribution in [1.29, 1.82) is 0 Å². The third kappa shape index (κ3) is 4.75. The predicted molar refractivity (Wildman–Crippen MR) is 71.9 cm³/mol. The van der Waals surface area contributed by atoms with E-state index in [4.69, 9.17) is 5.73 Å². The van der Waals surface area contributed by atoms with Crippen LogP contribution in [0.2, 0.25) is 0 Å². The van der Waals surface area contributed by atoms with Crippen molar-refractivity contribution >= 4 is 0 Å². The van der Waals surface area contributed by atoms with Gasteiger partial charge in [-0.05, 0) is 36.2 Å². The molecule has 0 saturated carbocycles. The van der Waals surface area contributed by atoms with Crippen molar-refractivity contribution in [2.24, 2.45) is 11.1 Å². The molecule has 3 nitrogen and oxygen atoms in total. The molecular weight excluding hydrogens is 212 g/mol. The van der Waals surface area contributed by atoms with E-state index in [1.807, 2.05) is 18.2 Å². The van der Waals surface area contributed by atoms with E-state index in [0.29, 0.717) is 12.3 Å². The van der Waals surface area contributed by atoms with Gasteiger partial charge in [0.25, 0.3) is 0 Å². The van der Waals surface area contributed by atoms with Crippen molar-refractivity contribution in [3.63, 3.8) is 0 Å². The van der Waals surface area contributed by atoms with Crippen LogP contribution >= 0.6 is 0 Å². The van der Waals surface area contributed by atoms with Crippen LogP contribution in [-0.2, 0) is 6.54 Å². The second-order valence-electron chi connectivity index (χ2n) is 5.34. The lowest BCUT2D eigenvalue weighted by atomic mass is 9.93. The lowest BCUT2D eigenvalue weighted by Gasteiger charge is -2.31. The normalized spacial score (nSPS) is 12.1. The summed E-state index contributed by atoms with van der Waals surface area (Å²) in [7, 11) is 0. The average molecular weight is 236 g/mol. The minimum Gasteiger partial charge on any atom is -0.508 e. The van der Waals surface area contributed by atoms with Gasteiger partial charge in [0, 0.05) is 13.1 Å². The molecule has 0 aliphatic carbocycles. The standard InChI is InChI=1S/C14H24N2O/c1-4-16(11-14(2,3)10-15)9-12-6-5-7-13(17)8-12/h5-8,17H,4,9-11,15H2,1-3H3. The Bertz CT molecular complexity index is 350. The lowest BCUT2D eigenvalue weighted by molar-refractivity contribution is 0.183. The summed E-state index contributed by atoms with van der Waals surface area (Å²) in [6.45, 7) is 10.00. The first-order chi connectivity index (χ1) is 7.96. The number of hydrogen-bond acceptors (Lipinski definition) is 3. The summed E-state index contributed by atoms with van der Waals surface area (Å²) >= 11 is 0. The van der Waals surface area contributed by atoms with Gasteiger partial charge in [-0.15, -0.1) is 0 Å². The Morgan fingerprint density at radius 2 is 2.06 bits per heavy atom. The van der Waals surface area contributed by atoms with Gasteiger partial charge in [-0.25, -0.2) is 0 Å². The summed E-state index contributed by atoms with van der Waals surface area (Å²) in [6.07, 6.45) is 0. The smallest absolute Gasteiger partial charge is 0.115 e. The van der Waals surface area contributed by atoms with Gasteiger partial charge < -0.3 is 10.8 Å². The van der Waals surface area contributed by atoms with E-state index in [-0.39, 0.29) is 5.41 Å². The highest BCUT2D eigenvalue weighted by Crippen LogP contribution is 2.18. The fraction of sp³-hybridized carbons (Fsp3) is 0.571. The first-order valence-electron chi connectivity index (χ1n) is 6.17. The van der Waals surface area contributed by atoms with E-state index >= 15 is 0 Å². The molecule has 0 radical (unpaired) electrons. The van der Waals surface area contributed by atoms with Gasteiger partial charge in [0.05, 0.1) is 0 Å². The van der Waals surface area contributed by atoms with Gasteiger partial charge in [0.2, 0.25) is 0 Å². The summed E-state index contributed by atoms with van der Waals surface area (Å²) in [6, 6.07) is 7.44. The van der Waals surface area contributed by atoms with Crippen LogP contribution in [0.1, 0.15) is 26.3 Å². The Balaban J connectivity index is 2.64. The minimum atomic E-state index is 0.132. The van der Waals surface area contributed by atoms with Gasteiger partial charge in [0.1, 0.15) is 5.75 Å². The first kappa shape index (κ1) is 14.0. The first-order valence-corrected chi connectivity index (χ1v) is 6.17. The Kier molecular flexibility index (Phi) is 4.97. The zero-order valence-corrected chi connectivity index (χ0v) is 11.1. The molecule has 0 heterocycles. The second kappa shape index (κ2) is 6.03. The highest BCUT2D eigenvalue weighted by Gasteiger charge is 2.19. The summed E-state index contributed by atoms with van der Waals surface area (Å²) < 4.78 is 0. The van der Waals surface area contributed by atoms with Gasteiger partial charge in [-0.1, -0.05) is 32.9 Å². The maximum atomic E-state index is 9.44. The van der Waals surface area contributed by atoms with E-state index in [1.165, 1.54) is 0 Å². The Labute approximate surface area is 104 Å². The average Bonchev–Trinajstić information content (AvgIpc) is 2.28. The molecule has 0 bridgehead atoms. The fourth-order valence-corrected chi connectivity index (χ4v) is 1.86. The molecule has 0 amide bonds. The third-order valence-electron chi connectivity index (χ3n) is 2.97. The topological polar surface area (TPSA) is 49.5 Å². The highest BCUT2D eigenvalue weighted by molar-refractivity contribution is 5.26. The molecule has 0 aliphatic heterocycles. The molecule has 17 heavy (non-hydrogen) atoms. The number of hydrogen-bond donors (Lipinski definition) is 2. The second-order valence-corrected chi connectivity index (χ2v) is 5.34. The van der Waals surface area contributed by atoms with Gasteiger partial charge in [-0.3, -0.25) is 4.90 Å². The zero-order chi connectivity index (χ0) is 12.9. The molecule has 3 heteroatoms. The van der Waals surface area contributed by atoms with Crippen LogP contribution in [0, 0.1) is 5.41 Å².